The summed E-state index contributed by atoms with van der Waals surface area (Å²) in [7, 11) is 1.17. The fourth-order valence-corrected chi connectivity index (χ4v) is 10.3. The third-order valence-electron chi connectivity index (χ3n) is 14.8. The fraction of sp³-hybridized carbons (Fsp3) is 0.775. The summed E-state index contributed by atoms with van der Waals surface area (Å²) in [6.07, 6.45) is 79.7. The Morgan fingerprint density at radius 3 is 1.15 bits per heavy atom. The van der Waals surface area contributed by atoms with Crippen molar-refractivity contribution in [1.29, 1.82) is 0 Å². The first-order valence-corrected chi connectivity index (χ1v) is 35.4. The van der Waals surface area contributed by atoms with Gasteiger partial charge in [-0.05, 0) is 109 Å². The van der Waals surface area contributed by atoms with E-state index < -0.39 is 26.6 Å². The minimum absolute atomic E-state index is 0.0279. The molecular formula is C71H129N2O7P. The van der Waals surface area contributed by atoms with E-state index in [9.17, 15) is 19.0 Å². The number of amides is 1. The lowest BCUT2D eigenvalue weighted by Crippen LogP contribution is -2.47. The average molecular weight is 1150 g/mol. The first-order valence-electron chi connectivity index (χ1n) is 33.9. The molecule has 0 rings (SSSR count). The smallest absolute Gasteiger partial charge is 0.306 e. The summed E-state index contributed by atoms with van der Waals surface area (Å²) in [6.45, 7) is 6.80. The maximum atomic E-state index is 13.6. The predicted molar refractivity (Wildman–Crippen MR) is 348 cm³/mol. The zero-order valence-electron chi connectivity index (χ0n) is 53.7. The molecule has 9 nitrogen and oxygen atoms in total. The number of phosphoric acid groups is 1. The standard InChI is InChI=1S/C71H129N2O7P/c1-7-10-13-16-19-22-25-28-30-32-34-35-36-37-39-41-43-46-49-52-55-58-61-64-71(75)80-69(62-59-56-53-50-47-44-27-24-21-18-15-12-9-3)68(67-79-81(76,77)78-66-65-73(4,5)6)72-70(74)63-60-57-54-51-48-45-42-40-38-33-31-29-26-23-20-17-14-11-8-2/h19-20,22-23,28-31,34-35,37,39,59,62,68-69H,7-18,21,24-27,32-33,36,38,40-58,60-61,63-67H2,1-6H3,(H-,72,74,76,77)/b22-19-,23-20-,30-28-,31-29-,35-34-,39-37-,62-59+. The van der Waals surface area contributed by atoms with Crippen LogP contribution in [-0.2, 0) is 27.9 Å². The number of carbonyl (C=O) groups excluding carboxylic acids is 2. The van der Waals surface area contributed by atoms with Crippen molar-refractivity contribution >= 4 is 19.7 Å². The number of ether oxygens (including phenoxy) is 1. The number of nitrogens with zero attached hydrogens (tertiary/aromatic N) is 1. The van der Waals surface area contributed by atoms with Crippen molar-refractivity contribution in [2.75, 3.05) is 40.9 Å². The molecule has 81 heavy (non-hydrogen) atoms. The molecule has 10 heteroatoms. The third-order valence-corrected chi connectivity index (χ3v) is 15.8. The fourth-order valence-electron chi connectivity index (χ4n) is 9.54. The van der Waals surface area contributed by atoms with Crippen molar-refractivity contribution in [1.82, 2.24) is 5.32 Å². The molecule has 3 unspecified atom stereocenters. The van der Waals surface area contributed by atoms with Gasteiger partial charge in [0.05, 0.1) is 33.8 Å². The molecule has 470 valence electrons. The van der Waals surface area contributed by atoms with Gasteiger partial charge in [0.2, 0.25) is 5.91 Å². The van der Waals surface area contributed by atoms with E-state index in [0.717, 1.165) is 109 Å². The number of hydrogen-bond acceptors (Lipinski definition) is 7. The normalized spacial score (nSPS) is 14.1. The lowest BCUT2D eigenvalue weighted by molar-refractivity contribution is -0.870. The van der Waals surface area contributed by atoms with E-state index in [1.807, 2.05) is 33.3 Å². The molecule has 3 atom stereocenters. The summed E-state index contributed by atoms with van der Waals surface area (Å²) >= 11 is 0. The Morgan fingerprint density at radius 1 is 0.432 bits per heavy atom. The Kier molecular flexibility index (Phi) is 58.2. The number of rotatable bonds is 61. The lowest BCUT2D eigenvalue weighted by Gasteiger charge is -2.30. The minimum atomic E-state index is -4.71. The van der Waals surface area contributed by atoms with Crippen LogP contribution in [0.4, 0.5) is 0 Å². The molecular weight excluding hydrogens is 1020 g/mol. The molecule has 0 aromatic carbocycles. The van der Waals surface area contributed by atoms with Crippen LogP contribution in [0.3, 0.4) is 0 Å². The number of quaternary nitrogens is 1. The summed E-state index contributed by atoms with van der Waals surface area (Å²) in [5, 5.41) is 3.03. The van der Waals surface area contributed by atoms with E-state index in [4.69, 9.17) is 13.8 Å². The molecule has 0 aliphatic rings. The average Bonchev–Trinajstić information content (AvgIpc) is 3.44. The summed E-state index contributed by atoms with van der Waals surface area (Å²) in [5.41, 5.74) is 0. The van der Waals surface area contributed by atoms with E-state index >= 15 is 0 Å². The monoisotopic (exact) mass is 1150 g/mol. The van der Waals surface area contributed by atoms with E-state index in [2.05, 4.69) is 99.0 Å². The number of esters is 1. The van der Waals surface area contributed by atoms with Crippen LogP contribution in [0.1, 0.15) is 303 Å². The van der Waals surface area contributed by atoms with E-state index in [-0.39, 0.29) is 24.9 Å². The molecule has 0 saturated carbocycles. The van der Waals surface area contributed by atoms with Gasteiger partial charge in [0.15, 0.2) is 0 Å². The third kappa shape index (κ3) is 61.6. The maximum absolute atomic E-state index is 13.6. The van der Waals surface area contributed by atoms with Gasteiger partial charge >= 0.3 is 5.97 Å². The number of carbonyl (C=O) groups is 2. The van der Waals surface area contributed by atoms with Crippen molar-refractivity contribution in [3.05, 3.63) is 85.1 Å². The quantitative estimate of drug-likeness (QED) is 0.0212. The van der Waals surface area contributed by atoms with Crippen molar-refractivity contribution in [3.63, 3.8) is 0 Å². The van der Waals surface area contributed by atoms with Gasteiger partial charge in [0.25, 0.3) is 7.82 Å². The molecule has 0 aromatic rings. The number of unbranched alkanes of at least 4 members (excludes halogenated alkanes) is 33. The molecule has 0 saturated heterocycles. The molecule has 0 spiro atoms. The van der Waals surface area contributed by atoms with E-state index in [0.29, 0.717) is 17.4 Å². The summed E-state index contributed by atoms with van der Waals surface area (Å²) in [6, 6.07) is -0.900. The molecule has 0 aromatic heterocycles. The zero-order valence-corrected chi connectivity index (χ0v) is 54.6. The summed E-state index contributed by atoms with van der Waals surface area (Å²) in [4.78, 5) is 40.1. The Labute approximate surface area is 501 Å². The molecule has 0 bridgehead atoms. The van der Waals surface area contributed by atoms with Crippen LogP contribution in [0.2, 0.25) is 0 Å². The van der Waals surface area contributed by atoms with Gasteiger partial charge in [0.1, 0.15) is 19.3 Å². The number of hydrogen-bond donors (Lipinski definition) is 1. The van der Waals surface area contributed by atoms with Crippen LogP contribution in [0.5, 0.6) is 0 Å². The first-order chi connectivity index (χ1) is 39.4. The summed E-state index contributed by atoms with van der Waals surface area (Å²) < 4.78 is 30.4. The van der Waals surface area contributed by atoms with Gasteiger partial charge in [0, 0.05) is 12.8 Å². The maximum Gasteiger partial charge on any atom is 0.306 e. The largest absolute Gasteiger partial charge is 0.756 e. The topological polar surface area (TPSA) is 114 Å². The Balaban J connectivity index is 5.22. The second-order valence-corrected chi connectivity index (χ2v) is 25.4. The van der Waals surface area contributed by atoms with Crippen molar-refractivity contribution in [2.24, 2.45) is 0 Å². The second-order valence-electron chi connectivity index (χ2n) is 24.0. The van der Waals surface area contributed by atoms with E-state index in [1.54, 1.807) is 0 Å². The number of nitrogens with one attached hydrogen (secondary N) is 1. The van der Waals surface area contributed by atoms with Crippen LogP contribution in [0, 0.1) is 0 Å². The molecule has 0 radical (unpaired) electrons. The molecule has 0 heterocycles. The van der Waals surface area contributed by atoms with Crippen LogP contribution in [0.15, 0.2) is 85.1 Å². The number of phosphoric ester groups is 1. The number of allylic oxidation sites excluding steroid dienone is 13. The van der Waals surface area contributed by atoms with Crippen molar-refractivity contribution in [3.8, 4) is 0 Å². The molecule has 1 N–H and O–H groups in total. The van der Waals surface area contributed by atoms with Gasteiger partial charge in [-0.25, -0.2) is 0 Å². The Hall–Kier alpha value is -2.81. The first kappa shape index (κ1) is 78.2. The molecule has 0 aliphatic heterocycles. The van der Waals surface area contributed by atoms with Crippen molar-refractivity contribution in [2.45, 2.75) is 315 Å². The lowest BCUT2D eigenvalue weighted by atomic mass is 10.0. The van der Waals surface area contributed by atoms with Crippen LogP contribution in [-0.4, -0.2) is 69.4 Å². The van der Waals surface area contributed by atoms with Gasteiger partial charge in [-0.3, -0.25) is 14.2 Å². The SMILES string of the molecule is CCCCC/C=C\C/C=C\C/C=C\C/C=C\CCCCCCCCCC(=O)OC(/C=C/CCCCCCCCCCCCC)C(COP(=O)([O-])OCC[N+](C)(C)C)NC(=O)CCCCCCCCCCC/C=C\C/C=C\CCCCC. The Morgan fingerprint density at radius 2 is 0.753 bits per heavy atom. The summed E-state index contributed by atoms with van der Waals surface area (Å²) in [5.74, 6) is -0.554. The highest BCUT2D eigenvalue weighted by Crippen LogP contribution is 2.38. The van der Waals surface area contributed by atoms with Gasteiger partial charge < -0.3 is 28.5 Å². The number of likely N-dealkylation sites (N-methyl/N-ethyl adjacent to an activating group) is 1. The van der Waals surface area contributed by atoms with Crippen LogP contribution in [0.25, 0.3) is 0 Å². The van der Waals surface area contributed by atoms with Gasteiger partial charge in [-0.15, -0.1) is 0 Å². The molecule has 1 amide bonds. The molecule has 0 fully saturated rings. The second kappa shape index (κ2) is 60.3. The van der Waals surface area contributed by atoms with Gasteiger partial charge in [-0.1, -0.05) is 267 Å². The minimum Gasteiger partial charge on any atom is -0.756 e. The highest BCUT2D eigenvalue weighted by atomic mass is 31.2. The van der Waals surface area contributed by atoms with Crippen molar-refractivity contribution < 1.29 is 37.3 Å². The zero-order chi connectivity index (χ0) is 59.3. The van der Waals surface area contributed by atoms with Gasteiger partial charge in [-0.2, -0.15) is 0 Å². The highest BCUT2D eigenvalue weighted by Gasteiger charge is 2.27. The predicted octanol–water partition coefficient (Wildman–Crippen LogP) is 20.7. The van der Waals surface area contributed by atoms with Crippen LogP contribution < -0.4 is 10.2 Å². The molecule has 0 aliphatic carbocycles. The van der Waals surface area contributed by atoms with Crippen LogP contribution >= 0.6 is 7.82 Å². The highest BCUT2D eigenvalue weighted by molar-refractivity contribution is 7.45. The Bertz CT molecular complexity index is 1660. The van der Waals surface area contributed by atoms with E-state index in [1.165, 1.54) is 161 Å².